The lowest BCUT2D eigenvalue weighted by atomic mass is 9.49. The largest absolute Gasteiger partial charge is 0.462 e. The van der Waals surface area contributed by atoms with E-state index in [-0.39, 0.29) is 17.6 Å². The first kappa shape index (κ1) is 25.5. The maximum atomic E-state index is 13.3. The van der Waals surface area contributed by atoms with Gasteiger partial charge >= 0.3 is 17.9 Å². The van der Waals surface area contributed by atoms with E-state index in [0.29, 0.717) is 24.8 Å². The Balaban J connectivity index is 1.61. The number of benzene rings is 1. The summed E-state index contributed by atoms with van der Waals surface area (Å²) in [6.45, 7) is 9.35. The zero-order chi connectivity index (χ0) is 26.6. The van der Waals surface area contributed by atoms with Crippen molar-refractivity contribution in [2.24, 2.45) is 17.3 Å². The summed E-state index contributed by atoms with van der Waals surface area (Å²) >= 11 is 0. The van der Waals surface area contributed by atoms with Crippen LogP contribution in [0.25, 0.3) is 0 Å². The van der Waals surface area contributed by atoms with Gasteiger partial charge in [0.1, 0.15) is 23.9 Å². The fourth-order valence-electron chi connectivity index (χ4n) is 7.13. The van der Waals surface area contributed by atoms with Crippen LogP contribution in [0, 0.1) is 17.3 Å². The van der Waals surface area contributed by atoms with Crippen LogP contribution in [0.15, 0.2) is 53.1 Å². The molecule has 0 N–H and O–H groups in total. The van der Waals surface area contributed by atoms with Crippen LogP contribution in [0.4, 0.5) is 0 Å². The zero-order valence-electron chi connectivity index (χ0n) is 21.9. The van der Waals surface area contributed by atoms with E-state index in [2.05, 4.69) is 6.92 Å². The molecule has 1 spiro atoms. The maximum absolute atomic E-state index is 13.3. The molecule has 2 heterocycles. The highest BCUT2D eigenvalue weighted by Gasteiger charge is 2.79. The zero-order valence-corrected chi connectivity index (χ0v) is 21.9. The number of fused-ring (bicyclic) bond motifs is 1. The van der Waals surface area contributed by atoms with Gasteiger partial charge in [-0.3, -0.25) is 4.79 Å². The quantitative estimate of drug-likeness (QED) is 0.411. The standard InChI is InChI=1S/C29H34O8/c1-17-13-14-22(34-18(2)30)28(5)23(35-26(32)21-12-9-15-33-21)16-20-24(29(17,28)37-27(20,3)4)36-25(31)19-10-7-6-8-11-19/h6-12,15,17,20,22-24H,13-14,16H2,1-5H3/t17-,20-,22+,23+,24-,28+,29-/m1/s1. The van der Waals surface area contributed by atoms with Crippen LogP contribution in [0.3, 0.4) is 0 Å². The lowest BCUT2D eigenvalue weighted by Crippen LogP contribution is -2.73. The van der Waals surface area contributed by atoms with Gasteiger partial charge in [-0.15, -0.1) is 0 Å². The molecule has 2 aliphatic carbocycles. The minimum absolute atomic E-state index is 0.0766. The highest BCUT2D eigenvalue weighted by atomic mass is 16.6. The molecule has 1 aliphatic heterocycles. The van der Waals surface area contributed by atoms with Crippen molar-refractivity contribution in [2.45, 2.75) is 83.4 Å². The summed E-state index contributed by atoms with van der Waals surface area (Å²) in [5.74, 6) is -1.71. The number of furan rings is 1. The van der Waals surface area contributed by atoms with Crippen molar-refractivity contribution in [3.63, 3.8) is 0 Å². The molecule has 0 radical (unpaired) electrons. The highest BCUT2D eigenvalue weighted by Crippen LogP contribution is 2.67. The summed E-state index contributed by atoms with van der Waals surface area (Å²) < 4.78 is 30.6. The van der Waals surface area contributed by atoms with Crippen molar-refractivity contribution in [2.75, 3.05) is 0 Å². The molecule has 3 aliphatic rings. The predicted octanol–water partition coefficient (Wildman–Crippen LogP) is 4.97. The Kier molecular flexibility index (Phi) is 6.21. The van der Waals surface area contributed by atoms with Crippen LogP contribution in [-0.2, 0) is 23.7 Å². The minimum atomic E-state index is -1.06. The Morgan fingerprint density at radius 2 is 1.62 bits per heavy atom. The van der Waals surface area contributed by atoms with Crippen molar-refractivity contribution < 1.29 is 37.7 Å². The molecule has 2 saturated carbocycles. The van der Waals surface area contributed by atoms with E-state index >= 15 is 0 Å². The summed E-state index contributed by atoms with van der Waals surface area (Å²) in [5.41, 5.74) is -2.30. The molecule has 198 valence electrons. The topological polar surface area (TPSA) is 101 Å². The van der Waals surface area contributed by atoms with E-state index in [1.807, 2.05) is 26.8 Å². The van der Waals surface area contributed by atoms with E-state index in [1.165, 1.54) is 13.2 Å². The Morgan fingerprint density at radius 3 is 2.27 bits per heavy atom. The number of hydrogen-bond acceptors (Lipinski definition) is 8. The van der Waals surface area contributed by atoms with Gasteiger partial charge in [-0.1, -0.05) is 25.1 Å². The molecule has 5 rings (SSSR count). The Hall–Kier alpha value is -3.13. The van der Waals surface area contributed by atoms with Crippen LogP contribution in [-0.4, -0.2) is 47.4 Å². The van der Waals surface area contributed by atoms with E-state index in [1.54, 1.807) is 36.4 Å². The second-order valence-electron chi connectivity index (χ2n) is 11.3. The van der Waals surface area contributed by atoms with Gasteiger partial charge in [-0.2, -0.15) is 0 Å². The molecule has 0 amide bonds. The van der Waals surface area contributed by atoms with Gasteiger partial charge in [-0.25, -0.2) is 9.59 Å². The summed E-state index contributed by atoms with van der Waals surface area (Å²) in [6.07, 6.45) is 1.14. The smallest absolute Gasteiger partial charge is 0.374 e. The molecular weight excluding hydrogens is 476 g/mol. The van der Waals surface area contributed by atoms with E-state index in [0.717, 1.165) is 0 Å². The number of rotatable bonds is 5. The van der Waals surface area contributed by atoms with Gasteiger partial charge in [0.2, 0.25) is 5.76 Å². The molecule has 37 heavy (non-hydrogen) atoms. The summed E-state index contributed by atoms with van der Waals surface area (Å²) in [7, 11) is 0. The van der Waals surface area contributed by atoms with Gasteiger partial charge in [0.15, 0.2) is 0 Å². The average molecular weight is 511 g/mol. The van der Waals surface area contributed by atoms with Crippen molar-refractivity contribution in [1.29, 1.82) is 0 Å². The second-order valence-corrected chi connectivity index (χ2v) is 11.3. The molecular formula is C29H34O8. The van der Waals surface area contributed by atoms with Crippen molar-refractivity contribution in [1.82, 2.24) is 0 Å². The van der Waals surface area contributed by atoms with Crippen molar-refractivity contribution in [3.8, 4) is 0 Å². The first-order valence-corrected chi connectivity index (χ1v) is 12.9. The summed E-state index contributed by atoms with van der Waals surface area (Å²) in [4.78, 5) is 38.7. The first-order chi connectivity index (χ1) is 17.5. The van der Waals surface area contributed by atoms with Crippen LogP contribution in [0.2, 0.25) is 0 Å². The molecule has 1 saturated heterocycles. The molecule has 2 bridgehead atoms. The van der Waals surface area contributed by atoms with E-state index < -0.39 is 52.8 Å². The monoisotopic (exact) mass is 510 g/mol. The predicted molar refractivity (Wildman–Crippen MR) is 132 cm³/mol. The highest BCUT2D eigenvalue weighted by molar-refractivity contribution is 5.89. The number of ether oxygens (including phenoxy) is 4. The number of esters is 3. The van der Waals surface area contributed by atoms with Crippen molar-refractivity contribution in [3.05, 3.63) is 60.1 Å². The lowest BCUT2D eigenvalue weighted by Gasteiger charge is -2.61. The van der Waals surface area contributed by atoms with Gasteiger partial charge < -0.3 is 23.4 Å². The van der Waals surface area contributed by atoms with Gasteiger partial charge in [-0.05, 0) is 70.2 Å². The normalized spacial score (nSPS) is 35.8. The van der Waals surface area contributed by atoms with Gasteiger partial charge in [0.25, 0.3) is 0 Å². The van der Waals surface area contributed by atoms with Crippen LogP contribution < -0.4 is 0 Å². The molecule has 3 fully saturated rings. The third kappa shape index (κ3) is 3.88. The fraction of sp³-hybridized carbons (Fsp3) is 0.552. The molecule has 1 aromatic heterocycles. The summed E-state index contributed by atoms with van der Waals surface area (Å²) in [6, 6.07) is 12.0. The van der Waals surface area contributed by atoms with Crippen LogP contribution >= 0.6 is 0 Å². The minimum Gasteiger partial charge on any atom is -0.462 e. The number of carbonyl (C=O) groups excluding carboxylic acids is 3. The van der Waals surface area contributed by atoms with E-state index in [4.69, 9.17) is 23.4 Å². The van der Waals surface area contributed by atoms with Gasteiger partial charge in [0, 0.05) is 12.8 Å². The molecule has 2 aromatic rings. The molecule has 8 heteroatoms. The Labute approximate surface area is 216 Å². The first-order valence-electron chi connectivity index (χ1n) is 12.9. The van der Waals surface area contributed by atoms with Gasteiger partial charge in [0.05, 0.1) is 22.8 Å². The molecule has 8 nitrogen and oxygen atoms in total. The third-order valence-corrected chi connectivity index (χ3v) is 8.88. The SMILES string of the molecule is CC(=O)O[C@H]1CC[C@@H](C)[C@]23OC(C)(C)[C@H](C[C@H](OC(=O)c4ccco4)[C@]12C)[C@H]3OC(=O)c1ccccc1. The fourth-order valence-corrected chi connectivity index (χ4v) is 7.13. The molecule has 1 aromatic carbocycles. The van der Waals surface area contributed by atoms with E-state index in [9.17, 15) is 14.4 Å². The summed E-state index contributed by atoms with van der Waals surface area (Å²) in [5, 5.41) is 0. The number of hydrogen-bond donors (Lipinski definition) is 0. The second kappa shape index (κ2) is 9.01. The maximum Gasteiger partial charge on any atom is 0.374 e. The van der Waals surface area contributed by atoms with Crippen LogP contribution in [0.1, 0.15) is 74.8 Å². The van der Waals surface area contributed by atoms with Crippen molar-refractivity contribution >= 4 is 17.9 Å². The lowest BCUT2D eigenvalue weighted by molar-refractivity contribution is -0.283. The molecule has 7 atom stereocenters. The third-order valence-electron chi connectivity index (χ3n) is 8.88. The molecule has 0 unspecified atom stereocenters. The average Bonchev–Trinajstić information content (AvgIpc) is 3.44. The van der Waals surface area contributed by atoms with Crippen LogP contribution in [0.5, 0.6) is 0 Å². The Morgan fingerprint density at radius 1 is 0.892 bits per heavy atom. The number of carbonyl (C=O) groups is 3. The Bertz CT molecular complexity index is 1170.